The Hall–Kier alpha value is -1.83. The Kier molecular flexibility index (Phi) is 4.19. The molecule has 0 fully saturated rings. The van der Waals surface area contributed by atoms with Crippen LogP contribution in [0.2, 0.25) is 5.02 Å². The summed E-state index contributed by atoms with van der Waals surface area (Å²) in [4.78, 5) is 17.9. The molecule has 0 saturated heterocycles. The van der Waals surface area contributed by atoms with E-state index in [0.29, 0.717) is 40.4 Å². The minimum absolute atomic E-state index is 0.304. The zero-order valence-electron chi connectivity index (χ0n) is 11.8. The molecule has 1 aliphatic rings. The smallest absolute Gasteiger partial charge is 0.261 e. The first-order valence-electron chi connectivity index (χ1n) is 6.59. The van der Waals surface area contributed by atoms with Crippen molar-refractivity contribution in [1.82, 2.24) is 4.98 Å². The van der Waals surface area contributed by atoms with Crippen LogP contribution in [0.3, 0.4) is 0 Å². The van der Waals surface area contributed by atoms with Crippen molar-refractivity contribution in [2.75, 3.05) is 24.8 Å². The highest BCUT2D eigenvalue weighted by Gasteiger charge is 2.19. The highest BCUT2D eigenvalue weighted by atomic mass is 35.5. The number of ether oxygens (including phenoxy) is 2. The van der Waals surface area contributed by atoms with Gasteiger partial charge in [-0.1, -0.05) is 22.9 Å². The highest BCUT2D eigenvalue weighted by Crippen LogP contribution is 2.31. The molecule has 6 nitrogen and oxygen atoms in total. The number of hydrogen-bond acceptors (Lipinski definition) is 6. The second-order valence-corrected chi connectivity index (χ2v) is 6.21. The number of halogens is 1. The Bertz CT molecular complexity index is 709. The summed E-state index contributed by atoms with van der Waals surface area (Å²) in [5.74, 6) is 0.0230. The van der Waals surface area contributed by atoms with Crippen molar-refractivity contribution in [2.45, 2.75) is 13.0 Å². The number of nitrogens with one attached hydrogen (secondary N) is 1. The molecule has 1 amide bonds. The van der Waals surface area contributed by atoms with E-state index in [9.17, 15) is 4.79 Å². The predicted octanol–water partition coefficient (Wildman–Crippen LogP) is 2.71. The van der Waals surface area contributed by atoms with Gasteiger partial charge in [-0.25, -0.2) is 4.98 Å². The molecule has 2 heterocycles. The number of amides is 1. The van der Waals surface area contributed by atoms with Crippen LogP contribution in [0.1, 0.15) is 20.9 Å². The molecule has 3 rings (SSSR count). The monoisotopic (exact) mass is 339 g/mol. The van der Waals surface area contributed by atoms with Gasteiger partial charge in [-0.3, -0.25) is 10.1 Å². The van der Waals surface area contributed by atoms with Crippen LogP contribution >= 0.6 is 22.9 Å². The van der Waals surface area contributed by atoms with Crippen molar-refractivity contribution < 1.29 is 14.3 Å². The van der Waals surface area contributed by atoms with E-state index < -0.39 is 0 Å². The van der Waals surface area contributed by atoms with E-state index in [1.165, 1.54) is 30.6 Å². The molecule has 0 spiro atoms. The highest BCUT2D eigenvalue weighted by molar-refractivity contribution is 7.15. The fourth-order valence-electron chi connectivity index (χ4n) is 2.16. The number of hydrogen-bond donors (Lipinski definition) is 2. The second-order valence-electron chi connectivity index (χ2n) is 4.72. The van der Waals surface area contributed by atoms with Crippen molar-refractivity contribution in [3.63, 3.8) is 0 Å². The number of nitrogens with zero attached hydrogens (tertiary/aromatic N) is 1. The summed E-state index contributed by atoms with van der Waals surface area (Å²) in [5.41, 5.74) is 7.37. The fourth-order valence-corrected chi connectivity index (χ4v) is 3.26. The predicted molar refractivity (Wildman–Crippen MR) is 85.8 cm³/mol. The quantitative estimate of drug-likeness (QED) is 0.840. The summed E-state index contributed by atoms with van der Waals surface area (Å²) in [6.45, 7) is 1.20. The van der Waals surface area contributed by atoms with Crippen molar-refractivity contribution in [3.05, 3.63) is 33.3 Å². The van der Waals surface area contributed by atoms with E-state index in [2.05, 4.69) is 10.3 Å². The van der Waals surface area contributed by atoms with Crippen molar-refractivity contribution in [1.29, 1.82) is 0 Å². The summed E-state index contributed by atoms with van der Waals surface area (Å²) < 4.78 is 10.6. The number of anilines is 2. The molecule has 0 radical (unpaired) electrons. The third-order valence-corrected chi connectivity index (χ3v) is 4.59. The van der Waals surface area contributed by atoms with E-state index in [0.717, 1.165) is 17.0 Å². The summed E-state index contributed by atoms with van der Waals surface area (Å²) in [6.07, 6.45) is 0.763. The molecule has 3 N–H and O–H groups in total. The first-order chi connectivity index (χ1) is 10.6. The minimum atomic E-state index is -0.342. The second kappa shape index (κ2) is 6.12. The number of nitrogens with two attached hydrogens (primary N) is 1. The van der Waals surface area contributed by atoms with Crippen LogP contribution in [0.5, 0.6) is 5.75 Å². The first kappa shape index (κ1) is 15.1. The van der Waals surface area contributed by atoms with Gasteiger partial charge in [0.1, 0.15) is 5.75 Å². The summed E-state index contributed by atoms with van der Waals surface area (Å²) in [6, 6.07) is 3.01. The number of aromatic nitrogens is 1. The molecule has 0 aliphatic carbocycles. The van der Waals surface area contributed by atoms with Crippen molar-refractivity contribution in [3.8, 4) is 5.75 Å². The largest absolute Gasteiger partial charge is 0.496 e. The number of methoxy groups -OCH3 is 1. The van der Waals surface area contributed by atoms with Gasteiger partial charge in [-0.2, -0.15) is 0 Å². The topological polar surface area (TPSA) is 86.5 Å². The van der Waals surface area contributed by atoms with Crippen LogP contribution in [0.15, 0.2) is 12.1 Å². The van der Waals surface area contributed by atoms with Crippen LogP contribution < -0.4 is 15.8 Å². The Morgan fingerprint density at radius 2 is 2.36 bits per heavy atom. The normalized spacial score (nSPS) is 13.5. The molecule has 1 aromatic carbocycles. The van der Waals surface area contributed by atoms with Crippen LogP contribution in [-0.2, 0) is 17.8 Å². The van der Waals surface area contributed by atoms with Crippen LogP contribution in [0.25, 0.3) is 0 Å². The SMILES string of the molecule is COc1cc(N)c(Cl)cc1C(=O)Nc1nc2c(s1)COCC2. The van der Waals surface area contributed by atoms with Crippen LogP contribution in [0.4, 0.5) is 10.8 Å². The number of benzene rings is 1. The number of carbonyl (C=O) groups excluding carboxylic acids is 1. The van der Waals surface area contributed by atoms with E-state index in [4.69, 9.17) is 26.8 Å². The molecule has 0 bridgehead atoms. The Morgan fingerprint density at radius 1 is 1.55 bits per heavy atom. The summed E-state index contributed by atoms with van der Waals surface area (Å²) in [5, 5.41) is 3.61. The minimum Gasteiger partial charge on any atom is -0.496 e. The van der Waals surface area contributed by atoms with Gasteiger partial charge in [0.25, 0.3) is 5.91 Å². The number of carbonyl (C=O) groups is 1. The number of thiazole rings is 1. The van der Waals surface area contributed by atoms with Gasteiger partial charge in [0, 0.05) is 12.5 Å². The van der Waals surface area contributed by atoms with Gasteiger partial charge < -0.3 is 15.2 Å². The average molecular weight is 340 g/mol. The Balaban J connectivity index is 1.85. The van der Waals surface area contributed by atoms with Gasteiger partial charge in [-0.15, -0.1) is 0 Å². The molecule has 2 aromatic rings. The molecule has 1 aliphatic heterocycles. The van der Waals surface area contributed by atoms with E-state index in [1.807, 2.05) is 0 Å². The third kappa shape index (κ3) is 2.87. The molecule has 0 atom stereocenters. The Morgan fingerprint density at radius 3 is 3.09 bits per heavy atom. The van der Waals surface area contributed by atoms with Gasteiger partial charge in [0.2, 0.25) is 0 Å². The van der Waals surface area contributed by atoms with E-state index >= 15 is 0 Å². The first-order valence-corrected chi connectivity index (χ1v) is 7.78. The van der Waals surface area contributed by atoms with Crippen LogP contribution in [-0.4, -0.2) is 24.6 Å². The molecule has 22 heavy (non-hydrogen) atoms. The Labute approximate surface area is 136 Å². The fraction of sp³-hybridized carbons (Fsp3) is 0.286. The lowest BCUT2D eigenvalue weighted by Crippen LogP contribution is -2.13. The van der Waals surface area contributed by atoms with Gasteiger partial charge in [0.05, 0.1) is 47.2 Å². The van der Waals surface area contributed by atoms with Gasteiger partial charge >= 0.3 is 0 Å². The van der Waals surface area contributed by atoms with Gasteiger partial charge in [0.15, 0.2) is 5.13 Å². The molecule has 0 saturated carbocycles. The molecule has 0 unspecified atom stereocenters. The standard InChI is InChI=1S/C14H14ClN3O3S/c1-20-11-5-9(16)8(15)4-7(11)13(19)18-14-17-10-2-3-21-6-12(10)22-14/h4-5H,2-3,6,16H2,1H3,(H,17,18,19). The maximum atomic E-state index is 12.4. The molecule has 8 heteroatoms. The molecular weight excluding hydrogens is 326 g/mol. The lowest BCUT2D eigenvalue weighted by Gasteiger charge is -2.10. The number of rotatable bonds is 3. The number of nitrogen functional groups attached to an aromatic ring is 1. The van der Waals surface area contributed by atoms with Crippen molar-refractivity contribution >= 4 is 39.7 Å². The lowest BCUT2D eigenvalue weighted by molar-refractivity contribution is 0.102. The maximum absolute atomic E-state index is 12.4. The summed E-state index contributed by atoms with van der Waals surface area (Å²) in [7, 11) is 1.47. The molecular formula is C14H14ClN3O3S. The van der Waals surface area contributed by atoms with Gasteiger partial charge in [-0.05, 0) is 6.07 Å². The maximum Gasteiger partial charge on any atom is 0.261 e. The van der Waals surface area contributed by atoms with E-state index in [-0.39, 0.29) is 5.91 Å². The summed E-state index contributed by atoms with van der Waals surface area (Å²) >= 11 is 7.39. The zero-order valence-corrected chi connectivity index (χ0v) is 13.4. The van der Waals surface area contributed by atoms with Crippen LogP contribution in [0, 0.1) is 0 Å². The van der Waals surface area contributed by atoms with Crippen molar-refractivity contribution in [2.24, 2.45) is 0 Å². The molecule has 116 valence electrons. The number of fused-ring (bicyclic) bond motifs is 1. The molecule has 1 aromatic heterocycles. The van der Waals surface area contributed by atoms with E-state index in [1.54, 1.807) is 0 Å². The third-order valence-electron chi connectivity index (χ3n) is 3.28. The lowest BCUT2D eigenvalue weighted by atomic mass is 10.1. The zero-order chi connectivity index (χ0) is 15.7. The average Bonchev–Trinajstić information content (AvgIpc) is 2.91.